The average molecular weight is 283 g/mol. The van der Waals surface area contributed by atoms with E-state index >= 15 is 0 Å². The van der Waals surface area contributed by atoms with Gasteiger partial charge in [-0.3, -0.25) is 4.79 Å². The Morgan fingerprint density at radius 3 is 3.00 bits per heavy atom. The predicted molar refractivity (Wildman–Crippen MR) is 75.2 cm³/mol. The number of fused-ring (bicyclic) bond motifs is 2. The number of aromatic nitrogens is 6. The Hall–Kier alpha value is -2.77. The van der Waals surface area contributed by atoms with Crippen LogP contribution in [0.2, 0.25) is 0 Å². The van der Waals surface area contributed by atoms with Crippen LogP contribution in [-0.4, -0.2) is 35.5 Å². The van der Waals surface area contributed by atoms with Crippen molar-refractivity contribution in [3.8, 4) is 5.95 Å². The van der Waals surface area contributed by atoms with Crippen LogP contribution in [0.4, 0.5) is 5.82 Å². The van der Waals surface area contributed by atoms with Gasteiger partial charge >= 0.3 is 0 Å². The maximum Gasteiger partial charge on any atom is 0.230 e. The van der Waals surface area contributed by atoms with E-state index in [1.807, 2.05) is 6.92 Å². The van der Waals surface area contributed by atoms with Gasteiger partial charge in [-0.15, -0.1) is 0 Å². The zero-order chi connectivity index (χ0) is 14.6. The SMILES string of the molecule is Cc1nn(-c2nc3c(N)ncnc3[nH]2)c2c1C(=O)CCC2. The number of H-pyrrole nitrogens is 1. The summed E-state index contributed by atoms with van der Waals surface area (Å²) in [6.07, 6.45) is 3.60. The van der Waals surface area contributed by atoms with E-state index in [2.05, 4.69) is 25.0 Å². The largest absolute Gasteiger partial charge is 0.382 e. The molecule has 0 aliphatic heterocycles. The van der Waals surface area contributed by atoms with Crippen molar-refractivity contribution in [3.63, 3.8) is 0 Å². The predicted octanol–water partition coefficient (Wildman–Crippen LogP) is 0.948. The van der Waals surface area contributed by atoms with E-state index in [-0.39, 0.29) is 5.78 Å². The molecule has 3 aromatic heterocycles. The molecule has 3 aromatic rings. The molecular formula is C13H13N7O. The van der Waals surface area contributed by atoms with Crippen LogP contribution in [-0.2, 0) is 6.42 Å². The van der Waals surface area contributed by atoms with Gasteiger partial charge in [0.2, 0.25) is 5.95 Å². The summed E-state index contributed by atoms with van der Waals surface area (Å²) in [5, 5.41) is 4.45. The topological polar surface area (TPSA) is 115 Å². The number of ketones is 1. The zero-order valence-corrected chi connectivity index (χ0v) is 11.4. The number of nitrogen functional groups attached to an aromatic ring is 1. The van der Waals surface area contributed by atoms with Crippen molar-refractivity contribution in [1.29, 1.82) is 0 Å². The number of hydrogen-bond acceptors (Lipinski definition) is 6. The van der Waals surface area contributed by atoms with Crippen molar-refractivity contribution >= 4 is 22.8 Å². The molecule has 0 radical (unpaired) electrons. The van der Waals surface area contributed by atoms with Crippen LogP contribution in [0.5, 0.6) is 0 Å². The van der Waals surface area contributed by atoms with E-state index in [0.717, 1.165) is 29.8 Å². The fraction of sp³-hybridized carbons (Fsp3) is 0.308. The minimum atomic E-state index is 0.149. The summed E-state index contributed by atoms with van der Waals surface area (Å²) in [6.45, 7) is 1.84. The molecule has 0 saturated heterocycles. The number of nitrogens with two attached hydrogens (primary N) is 1. The van der Waals surface area contributed by atoms with E-state index < -0.39 is 0 Å². The first kappa shape index (κ1) is 12.0. The van der Waals surface area contributed by atoms with Crippen LogP contribution >= 0.6 is 0 Å². The van der Waals surface area contributed by atoms with Gasteiger partial charge in [-0.1, -0.05) is 0 Å². The molecule has 0 unspecified atom stereocenters. The maximum atomic E-state index is 12.1. The van der Waals surface area contributed by atoms with Gasteiger partial charge in [0.1, 0.15) is 6.33 Å². The standard InChI is InChI=1S/C13H13N7O/c1-6-9-7(3-2-4-8(9)21)20(19-6)13-17-10-11(14)15-5-16-12(10)18-13/h5H,2-4H2,1H3,(H3,14,15,16,17,18). The summed E-state index contributed by atoms with van der Waals surface area (Å²) >= 11 is 0. The molecule has 106 valence electrons. The van der Waals surface area contributed by atoms with Crippen molar-refractivity contribution in [2.75, 3.05) is 5.73 Å². The summed E-state index contributed by atoms with van der Waals surface area (Å²) in [4.78, 5) is 27.6. The molecule has 8 heteroatoms. The Kier molecular flexibility index (Phi) is 2.35. The highest BCUT2D eigenvalue weighted by Gasteiger charge is 2.26. The number of hydrogen-bond donors (Lipinski definition) is 2. The lowest BCUT2D eigenvalue weighted by atomic mass is 9.95. The molecule has 3 heterocycles. The molecule has 0 spiro atoms. The number of anilines is 1. The molecule has 21 heavy (non-hydrogen) atoms. The fourth-order valence-corrected chi connectivity index (χ4v) is 2.82. The molecule has 8 nitrogen and oxygen atoms in total. The monoisotopic (exact) mass is 283 g/mol. The van der Waals surface area contributed by atoms with Gasteiger partial charge in [0.05, 0.1) is 17.0 Å². The lowest BCUT2D eigenvalue weighted by Gasteiger charge is -2.11. The second kappa shape index (κ2) is 4.11. The smallest absolute Gasteiger partial charge is 0.230 e. The summed E-state index contributed by atoms with van der Waals surface area (Å²) < 4.78 is 1.68. The molecule has 0 bridgehead atoms. The van der Waals surface area contributed by atoms with Crippen molar-refractivity contribution in [2.45, 2.75) is 26.2 Å². The van der Waals surface area contributed by atoms with Gasteiger partial charge in [0.25, 0.3) is 0 Å². The summed E-state index contributed by atoms with van der Waals surface area (Å²) in [6, 6.07) is 0. The fourth-order valence-electron chi connectivity index (χ4n) is 2.82. The molecule has 3 N–H and O–H groups in total. The normalized spacial score (nSPS) is 14.6. The van der Waals surface area contributed by atoms with Crippen LogP contribution in [0.25, 0.3) is 17.1 Å². The number of carbonyl (C=O) groups excluding carboxylic acids is 1. The van der Waals surface area contributed by atoms with Crippen molar-refractivity contribution in [3.05, 3.63) is 23.3 Å². The Labute approximate surface area is 119 Å². The number of aryl methyl sites for hydroxylation is 1. The first-order valence-corrected chi connectivity index (χ1v) is 6.73. The third-order valence-electron chi connectivity index (χ3n) is 3.75. The van der Waals surface area contributed by atoms with Gasteiger partial charge in [-0.25, -0.2) is 19.6 Å². The van der Waals surface area contributed by atoms with Gasteiger partial charge in [0.15, 0.2) is 22.8 Å². The molecule has 1 aliphatic rings. The second-order valence-corrected chi connectivity index (χ2v) is 5.11. The van der Waals surface area contributed by atoms with E-state index in [0.29, 0.717) is 29.4 Å². The van der Waals surface area contributed by atoms with Gasteiger partial charge in [-0.2, -0.15) is 5.10 Å². The Morgan fingerprint density at radius 1 is 1.33 bits per heavy atom. The first-order chi connectivity index (χ1) is 10.1. The zero-order valence-electron chi connectivity index (χ0n) is 11.4. The lowest BCUT2D eigenvalue weighted by Crippen LogP contribution is -2.13. The number of Topliss-reactive ketones (excluding diaryl/α,β-unsaturated/α-hetero) is 1. The number of imidazole rings is 1. The van der Waals surface area contributed by atoms with Crippen LogP contribution in [0, 0.1) is 6.92 Å². The maximum absolute atomic E-state index is 12.1. The molecule has 0 saturated carbocycles. The Balaban J connectivity index is 1.95. The van der Waals surface area contributed by atoms with Crippen LogP contribution in [0.1, 0.15) is 34.6 Å². The minimum absolute atomic E-state index is 0.149. The molecule has 4 rings (SSSR count). The number of aromatic amines is 1. The number of carbonyl (C=O) groups is 1. The van der Waals surface area contributed by atoms with E-state index in [4.69, 9.17) is 5.73 Å². The van der Waals surface area contributed by atoms with Crippen LogP contribution in [0.3, 0.4) is 0 Å². The van der Waals surface area contributed by atoms with Gasteiger partial charge in [-0.05, 0) is 19.8 Å². The van der Waals surface area contributed by atoms with E-state index in [1.165, 1.54) is 6.33 Å². The minimum Gasteiger partial charge on any atom is -0.382 e. The van der Waals surface area contributed by atoms with Crippen LogP contribution in [0.15, 0.2) is 6.33 Å². The van der Waals surface area contributed by atoms with Crippen molar-refractivity contribution in [2.24, 2.45) is 0 Å². The Bertz CT molecular complexity index is 876. The van der Waals surface area contributed by atoms with Crippen molar-refractivity contribution in [1.82, 2.24) is 29.7 Å². The van der Waals surface area contributed by atoms with Gasteiger partial charge < -0.3 is 10.7 Å². The summed E-state index contributed by atoms with van der Waals surface area (Å²) in [7, 11) is 0. The Morgan fingerprint density at radius 2 is 2.19 bits per heavy atom. The summed E-state index contributed by atoms with van der Waals surface area (Å²) in [5.74, 6) is 0.975. The van der Waals surface area contributed by atoms with Gasteiger partial charge in [0, 0.05) is 6.42 Å². The number of rotatable bonds is 1. The molecule has 0 fully saturated rings. The highest BCUT2D eigenvalue weighted by molar-refractivity contribution is 5.99. The second-order valence-electron chi connectivity index (χ2n) is 5.11. The lowest BCUT2D eigenvalue weighted by molar-refractivity contribution is 0.0971. The van der Waals surface area contributed by atoms with Crippen LogP contribution < -0.4 is 5.73 Å². The average Bonchev–Trinajstić information content (AvgIpc) is 3.02. The third-order valence-corrected chi connectivity index (χ3v) is 3.75. The molecule has 0 aromatic carbocycles. The van der Waals surface area contributed by atoms with E-state index in [1.54, 1.807) is 4.68 Å². The quantitative estimate of drug-likeness (QED) is 0.687. The highest BCUT2D eigenvalue weighted by Crippen LogP contribution is 2.26. The van der Waals surface area contributed by atoms with Crippen molar-refractivity contribution < 1.29 is 4.79 Å². The number of nitrogens with zero attached hydrogens (tertiary/aromatic N) is 5. The molecule has 0 atom stereocenters. The summed E-state index contributed by atoms with van der Waals surface area (Å²) in [5.41, 5.74) is 9.21. The first-order valence-electron chi connectivity index (χ1n) is 6.73. The third kappa shape index (κ3) is 1.65. The molecular weight excluding hydrogens is 270 g/mol. The number of nitrogens with one attached hydrogen (secondary N) is 1. The molecule has 1 aliphatic carbocycles. The highest BCUT2D eigenvalue weighted by atomic mass is 16.1. The molecule has 0 amide bonds. The van der Waals surface area contributed by atoms with E-state index in [9.17, 15) is 4.79 Å².